The van der Waals surface area contributed by atoms with Gasteiger partial charge in [-0.05, 0) is 18.2 Å². The lowest BCUT2D eigenvalue weighted by Crippen LogP contribution is -2.18. The zero-order chi connectivity index (χ0) is 10.8. The summed E-state index contributed by atoms with van der Waals surface area (Å²) < 4.78 is 0. The van der Waals surface area contributed by atoms with Crippen LogP contribution in [0.4, 0.5) is 5.69 Å². The van der Waals surface area contributed by atoms with Crippen molar-refractivity contribution in [1.29, 1.82) is 0 Å². The Morgan fingerprint density at radius 3 is 3.07 bits per heavy atom. The molecule has 0 spiro atoms. The van der Waals surface area contributed by atoms with Gasteiger partial charge in [-0.25, -0.2) is 0 Å². The van der Waals surface area contributed by atoms with Crippen LogP contribution in [-0.4, -0.2) is 17.4 Å². The smallest absolute Gasteiger partial charge is 0.234 e. The number of hydrogen-bond acceptors (Lipinski definition) is 3. The number of carbonyl (C=O) groups excluding carboxylic acids is 2. The molecule has 15 heavy (non-hydrogen) atoms. The van der Waals surface area contributed by atoms with E-state index in [9.17, 15) is 9.59 Å². The van der Waals surface area contributed by atoms with Crippen LogP contribution >= 0.6 is 11.8 Å². The maximum Gasteiger partial charge on any atom is 0.234 e. The average Bonchev–Trinajstić information content (AvgIpc) is 2.27. The standard InChI is InChI=1S/C11H11NO2S/c1-2-9(13)7-3-4-8-10(5-7)15-6-11(14)12-8/h3-5H,2,6H2,1H3,(H,12,14). The molecule has 0 bridgehead atoms. The summed E-state index contributed by atoms with van der Waals surface area (Å²) in [5.74, 6) is 0.578. The SMILES string of the molecule is CCC(=O)c1ccc2c(c1)SCC(=O)N2. The molecule has 0 saturated carbocycles. The van der Waals surface area contributed by atoms with E-state index < -0.39 is 0 Å². The Bertz CT molecular complexity index is 429. The summed E-state index contributed by atoms with van der Waals surface area (Å²) >= 11 is 1.47. The zero-order valence-corrected chi connectivity index (χ0v) is 9.19. The van der Waals surface area contributed by atoms with Crippen LogP contribution in [0.15, 0.2) is 23.1 Å². The fraction of sp³-hybridized carbons (Fsp3) is 0.273. The van der Waals surface area contributed by atoms with Gasteiger partial charge in [-0.2, -0.15) is 0 Å². The van der Waals surface area contributed by atoms with Crippen molar-refractivity contribution >= 4 is 29.1 Å². The summed E-state index contributed by atoms with van der Waals surface area (Å²) in [6.07, 6.45) is 0.510. The van der Waals surface area contributed by atoms with Gasteiger partial charge in [0.25, 0.3) is 0 Å². The Labute approximate surface area is 92.2 Å². The Balaban J connectivity index is 2.34. The number of amides is 1. The minimum absolute atomic E-state index is 0.0158. The number of anilines is 1. The summed E-state index contributed by atoms with van der Waals surface area (Å²) in [5, 5.41) is 2.77. The molecule has 1 aliphatic heterocycles. The number of benzene rings is 1. The highest BCUT2D eigenvalue weighted by Gasteiger charge is 2.16. The van der Waals surface area contributed by atoms with Crippen LogP contribution in [0.25, 0.3) is 0 Å². The third kappa shape index (κ3) is 2.04. The summed E-state index contributed by atoms with van der Waals surface area (Å²) in [6, 6.07) is 5.41. The molecule has 0 aliphatic carbocycles. The summed E-state index contributed by atoms with van der Waals surface area (Å²) in [6.45, 7) is 1.84. The van der Waals surface area contributed by atoms with Crippen LogP contribution in [0, 0.1) is 0 Å². The van der Waals surface area contributed by atoms with Crippen LogP contribution < -0.4 is 5.32 Å². The first-order chi connectivity index (χ1) is 7.20. The first-order valence-electron chi connectivity index (χ1n) is 4.80. The second-order valence-corrected chi connectivity index (χ2v) is 4.34. The Kier molecular flexibility index (Phi) is 2.77. The highest BCUT2D eigenvalue weighted by Crippen LogP contribution is 2.32. The summed E-state index contributed by atoms with van der Waals surface area (Å²) in [5.41, 5.74) is 1.53. The average molecular weight is 221 g/mol. The molecule has 0 radical (unpaired) electrons. The number of fused-ring (bicyclic) bond motifs is 1. The zero-order valence-electron chi connectivity index (χ0n) is 8.37. The van der Waals surface area contributed by atoms with Crippen molar-refractivity contribution in [2.75, 3.05) is 11.1 Å². The molecule has 78 valence electrons. The van der Waals surface area contributed by atoms with E-state index in [2.05, 4.69) is 5.32 Å². The lowest BCUT2D eigenvalue weighted by molar-refractivity contribution is -0.113. The minimum Gasteiger partial charge on any atom is -0.324 e. The van der Waals surface area contributed by atoms with E-state index in [4.69, 9.17) is 0 Å². The van der Waals surface area contributed by atoms with Gasteiger partial charge in [0, 0.05) is 16.9 Å². The first-order valence-corrected chi connectivity index (χ1v) is 5.79. The predicted molar refractivity (Wildman–Crippen MR) is 60.4 cm³/mol. The normalized spacial score (nSPS) is 14.3. The van der Waals surface area contributed by atoms with Gasteiger partial charge in [0.1, 0.15) is 0 Å². The van der Waals surface area contributed by atoms with Crippen molar-refractivity contribution < 1.29 is 9.59 Å². The van der Waals surface area contributed by atoms with Crippen molar-refractivity contribution in [1.82, 2.24) is 0 Å². The van der Waals surface area contributed by atoms with Crippen molar-refractivity contribution in [3.05, 3.63) is 23.8 Å². The number of thioether (sulfide) groups is 1. The van der Waals surface area contributed by atoms with Crippen LogP contribution in [0.2, 0.25) is 0 Å². The van der Waals surface area contributed by atoms with Gasteiger partial charge >= 0.3 is 0 Å². The maximum atomic E-state index is 11.5. The van der Waals surface area contributed by atoms with E-state index in [1.165, 1.54) is 11.8 Å². The second kappa shape index (κ2) is 4.06. The Hall–Kier alpha value is -1.29. The molecule has 0 atom stereocenters. The molecule has 1 heterocycles. The molecule has 1 amide bonds. The molecule has 1 aliphatic rings. The molecule has 1 N–H and O–H groups in total. The fourth-order valence-electron chi connectivity index (χ4n) is 1.45. The summed E-state index contributed by atoms with van der Waals surface area (Å²) in [4.78, 5) is 23.5. The molecule has 1 aromatic carbocycles. The predicted octanol–water partition coefficient (Wildman–Crippen LogP) is 2.32. The number of carbonyl (C=O) groups is 2. The van der Waals surface area contributed by atoms with Crippen LogP contribution in [0.5, 0.6) is 0 Å². The molecular weight excluding hydrogens is 210 g/mol. The number of rotatable bonds is 2. The number of nitrogens with one attached hydrogen (secondary N) is 1. The first kappa shape index (κ1) is 10.2. The Morgan fingerprint density at radius 2 is 2.33 bits per heavy atom. The van der Waals surface area contributed by atoms with Gasteiger partial charge in [0.15, 0.2) is 5.78 Å². The molecular formula is C11H11NO2S. The number of ketones is 1. The molecule has 3 nitrogen and oxygen atoms in total. The van der Waals surface area contributed by atoms with E-state index in [-0.39, 0.29) is 11.7 Å². The van der Waals surface area contributed by atoms with Gasteiger partial charge in [-0.3, -0.25) is 9.59 Å². The monoisotopic (exact) mass is 221 g/mol. The minimum atomic E-state index is 0.0158. The van der Waals surface area contributed by atoms with Crippen molar-refractivity contribution in [3.63, 3.8) is 0 Å². The van der Waals surface area contributed by atoms with Gasteiger partial charge in [-0.15, -0.1) is 11.8 Å². The highest BCUT2D eigenvalue weighted by atomic mass is 32.2. The van der Waals surface area contributed by atoms with Gasteiger partial charge in [-0.1, -0.05) is 6.92 Å². The van der Waals surface area contributed by atoms with Crippen molar-refractivity contribution in [3.8, 4) is 0 Å². The molecule has 0 aromatic heterocycles. The largest absolute Gasteiger partial charge is 0.324 e. The van der Waals surface area contributed by atoms with Crippen LogP contribution in [0.3, 0.4) is 0 Å². The number of hydrogen-bond donors (Lipinski definition) is 1. The lowest BCUT2D eigenvalue weighted by atomic mass is 10.1. The second-order valence-electron chi connectivity index (χ2n) is 3.32. The van der Waals surface area contributed by atoms with E-state index in [0.717, 1.165) is 16.1 Å². The molecule has 2 rings (SSSR count). The molecule has 0 fully saturated rings. The van der Waals surface area contributed by atoms with E-state index in [0.29, 0.717) is 12.2 Å². The van der Waals surface area contributed by atoms with E-state index >= 15 is 0 Å². The fourth-order valence-corrected chi connectivity index (χ4v) is 2.30. The molecule has 0 saturated heterocycles. The molecule has 4 heteroatoms. The van der Waals surface area contributed by atoms with Gasteiger partial charge in [0.05, 0.1) is 11.4 Å². The lowest BCUT2D eigenvalue weighted by Gasteiger charge is -2.16. The molecule has 1 aromatic rings. The quantitative estimate of drug-likeness (QED) is 0.779. The topological polar surface area (TPSA) is 46.2 Å². The van der Waals surface area contributed by atoms with E-state index in [1.807, 2.05) is 13.0 Å². The van der Waals surface area contributed by atoms with Crippen molar-refractivity contribution in [2.24, 2.45) is 0 Å². The number of Topliss-reactive ketones (excluding diaryl/α,β-unsaturated/α-hetero) is 1. The highest BCUT2D eigenvalue weighted by molar-refractivity contribution is 8.00. The van der Waals surface area contributed by atoms with E-state index in [1.54, 1.807) is 12.1 Å². The third-order valence-electron chi connectivity index (χ3n) is 2.26. The Morgan fingerprint density at radius 1 is 1.53 bits per heavy atom. The summed E-state index contributed by atoms with van der Waals surface area (Å²) in [7, 11) is 0. The molecule has 0 unspecified atom stereocenters. The third-order valence-corrected chi connectivity index (χ3v) is 3.31. The maximum absolute atomic E-state index is 11.5. The van der Waals surface area contributed by atoms with Gasteiger partial charge < -0.3 is 5.32 Å². The van der Waals surface area contributed by atoms with Crippen molar-refractivity contribution in [2.45, 2.75) is 18.2 Å². The van der Waals surface area contributed by atoms with Gasteiger partial charge in [0.2, 0.25) is 5.91 Å². The van der Waals surface area contributed by atoms with Crippen LogP contribution in [0.1, 0.15) is 23.7 Å². The van der Waals surface area contributed by atoms with Crippen LogP contribution in [-0.2, 0) is 4.79 Å².